The summed E-state index contributed by atoms with van der Waals surface area (Å²) in [6, 6.07) is 4.74. The number of ketones is 2. The highest BCUT2D eigenvalue weighted by Crippen LogP contribution is 2.21. The first-order chi connectivity index (χ1) is 9.81. The van der Waals surface area contributed by atoms with Crippen LogP contribution in [0.4, 0.5) is 5.69 Å². The number of Topliss-reactive ketones (excluding diaryl/α,β-unsaturated/α-hetero) is 2. The van der Waals surface area contributed by atoms with Crippen LogP contribution in [0.5, 0.6) is 0 Å². The van der Waals surface area contributed by atoms with E-state index in [1.165, 1.54) is 25.6 Å². The number of hydrogen-bond donors (Lipinski definition) is 2. The van der Waals surface area contributed by atoms with Crippen LogP contribution in [0.3, 0.4) is 0 Å². The van der Waals surface area contributed by atoms with Gasteiger partial charge in [-0.3, -0.25) is 14.4 Å². The van der Waals surface area contributed by atoms with Crippen LogP contribution >= 0.6 is 24.0 Å². The number of carboxylic acid groups (broad SMARTS) is 1. The van der Waals surface area contributed by atoms with E-state index in [-0.39, 0.29) is 18.0 Å². The van der Waals surface area contributed by atoms with Crippen molar-refractivity contribution in [3.8, 4) is 0 Å². The molecule has 0 saturated heterocycles. The fourth-order valence-corrected chi connectivity index (χ4v) is 2.55. The summed E-state index contributed by atoms with van der Waals surface area (Å²) >= 11 is 6.28. The molecule has 0 aromatic heterocycles. The molecule has 0 spiro atoms. The third-order valence-electron chi connectivity index (χ3n) is 2.59. The average molecular weight is 325 g/mol. The molecule has 0 bridgehead atoms. The van der Waals surface area contributed by atoms with Crippen molar-refractivity contribution in [1.29, 1.82) is 0 Å². The number of thiocarbonyl (C=S) groups is 1. The molecule has 0 aliphatic rings. The number of carbonyl (C=O) groups is 3. The van der Waals surface area contributed by atoms with E-state index in [1.54, 1.807) is 18.2 Å². The van der Waals surface area contributed by atoms with E-state index in [2.05, 4.69) is 5.32 Å². The molecular formula is C14H15NO4S2. The molecule has 0 atom stereocenters. The molecule has 0 saturated carbocycles. The first-order valence-corrected chi connectivity index (χ1v) is 7.52. The number of aliphatic carboxylic acids is 1. The van der Waals surface area contributed by atoms with E-state index < -0.39 is 5.97 Å². The van der Waals surface area contributed by atoms with Gasteiger partial charge in [-0.25, -0.2) is 0 Å². The maximum atomic E-state index is 11.6. The maximum absolute atomic E-state index is 11.6. The van der Waals surface area contributed by atoms with E-state index in [1.807, 2.05) is 0 Å². The van der Waals surface area contributed by atoms with Crippen LogP contribution in [0, 0.1) is 0 Å². The van der Waals surface area contributed by atoms with Crippen molar-refractivity contribution >= 4 is 51.5 Å². The lowest BCUT2D eigenvalue weighted by Crippen LogP contribution is -2.11. The molecule has 2 N–H and O–H groups in total. The van der Waals surface area contributed by atoms with Crippen molar-refractivity contribution in [2.75, 3.05) is 11.1 Å². The van der Waals surface area contributed by atoms with E-state index in [9.17, 15) is 14.4 Å². The Morgan fingerprint density at radius 2 is 1.90 bits per heavy atom. The van der Waals surface area contributed by atoms with Crippen LogP contribution in [0.15, 0.2) is 18.2 Å². The highest BCUT2D eigenvalue weighted by atomic mass is 32.2. The number of benzene rings is 1. The minimum absolute atomic E-state index is 0.000459. The smallest absolute Gasteiger partial charge is 0.304 e. The predicted octanol–water partition coefficient (Wildman–Crippen LogP) is 3.00. The lowest BCUT2D eigenvalue weighted by Gasteiger charge is -2.12. The molecule has 0 radical (unpaired) electrons. The van der Waals surface area contributed by atoms with Crippen molar-refractivity contribution in [2.45, 2.75) is 20.3 Å². The number of carboxylic acids is 1. The maximum Gasteiger partial charge on any atom is 0.304 e. The summed E-state index contributed by atoms with van der Waals surface area (Å²) in [4.78, 5) is 33.4. The van der Waals surface area contributed by atoms with Gasteiger partial charge in [0.1, 0.15) is 4.32 Å². The first kappa shape index (κ1) is 17.3. The standard InChI is InChI=1S/C14H15NO4S2/c1-8(16)10-3-4-11(9(2)17)12(7-10)15-14(20)21-6-5-13(18)19/h3-4,7H,5-6H2,1-2H3,(H,15,20)(H,18,19). The van der Waals surface area contributed by atoms with E-state index in [0.717, 1.165) is 0 Å². The number of nitrogens with one attached hydrogen (secondary N) is 1. The summed E-state index contributed by atoms with van der Waals surface area (Å²) in [5.41, 5.74) is 1.37. The normalized spacial score (nSPS) is 10.0. The minimum Gasteiger partial charge on any atom is -0.481 e. The molecule has 0 aliphatic heterocycles. The van der Waals surface area contributed by atoms with Gasteiger partial charge in [0.05, 0.1) is 12.1 Å². The van der Waals surface area contributed by atoms with Crippen molar-refractivity contribution in [3.63, 3.8) is 0 Å². The average Bonchev–Trinajstić information content (AvgIpc) is 2.37. The molecule has 1 rings (SSSR count). The molecule has 0 heterocycles. The molecule has 21 heavy (non-hydrogen) atoms. The number of thioether (sulfide) groups is 1. The van der Waals surface area contributed by atoms with Crippen molar-refractivity contribution in [3.05, 3.63) is 29.3 Å². The summed E-state index contributed by atoms with van der Waals surface area (Å²) in [7, 11) is 0. The fraction of sp³-hybridized carbons (Fsp3) is 0.286. The molecule has 1 aromatic rings. The molecule has 0 amide bonds. The Morgan fingerprint density at radius 3 is 2.43 bits per heavy atom. The summed E-state index contributed by atoms with van der Waals surface area (Å²) in [5, 5.41) is 11.5. The molecule has 0 aliphatic carbocycles. The summed E-state index contributed by atoms with van der Waals surface area (Å²) in [5.74, 6) is -0.819. The van der Waals surface area contributed by atoms with Gasteiger partial charge in [0.25, 0.3) is 0 Å². The summed E-state index contributed by atoms with van der Waals surface area (Å²) in [6.07, 6.45) is -0.000459. The number of carbonyl (C=O) groups excluding carboxylic acids is 2. The lowest BCUT2D eigenvalue weighted by atomic mass is 10.0. The van der Waals surface area contributed by atoms with E-state index >= 15 is 0 Å². The second-order valence-corrected chi connectivity index (χ2v) is 6.05. The number of rotatable bonds is 6. The zero-order valence-electron chi connectivity index (χ0n) is 11.6. The predicted molar refractivity (Wildman–Crippen MR) is 87.4 cm³/mol. The van der Waals surface area contributed by atoms with Gasteiger partial charge < -0.3 is 10.4 Å². The van der Waals surface area contributed by atoms with Crippen molar-refractivity contribution in [2.24, 2.45) is 0 Å². The Bertz CT molecular complexity index is 599. The highest BCUT2D eigenvalue weighted by Gasteiger charge is 2.12. The lowest BCUT2D eigenvalue weighted by molar-refractivity contribution is -0.136. The first-order valence-electron chi connectivity index (χ1n) is 6.12. The fourth-order valence-electron chi connectivity index (χ4n) is 1.55. The van der Waals surface area contributed by atoms with Gasteiger partial charge in [0, 0.05) is 16.9 Å². The van der Waals surface area contributed by atoms with Crippen LogP contribution < -0.4 is 5.32 Å². The van der Waals surface area contributed by atoms with Gasteiger partial charge in [-0.05, 0) is 26.0 Å². The Hall–Kier alpha value is -1.73. The molecule has 5 nitrogen and oxygen atoms in total. The van der Waals surface area contributed by atoms with Crippen molar-refractivity contribution < 1.29 is 19.5 Å². The van der Waals surface area contributed by atoms with E-state index in [4.69, 9.17) is 17.3 Å². The topological polar surface area (TPSA) is 83.5 Å². The highest BCUT2D eigenvalue weighted by molar-refractivity contribution is 8.23. The van der Waals surface area contributed by atoms with Gasteiger partial charge in [0.2, 0.25) is 0 Å². The zero-order chi connectivity index (χ0) is 16.0. The van der Waals surface area contributed by atoms with Gasteiger partial charge in [-0.1, -0.05) is 30.0 Å². The quantitative estimate of drug-likeness (QED) is 0.614. The molecule has 0 unspecified atom stereocenters. The monoisotopic (exact) mass is 325 g/mol. The largest absolute Gasteiger partial charge is 0.481 e. The van der Waals surface area contributed by atoms with Crippen LogP contribution in [0.2, 0.25) is 0 Å². The van der Waals surface area contributed by atoms with E-state index in [0.29, 0.717) is 26.9 Å². The SMILES string of the molecule is CC(=O)c1ccc(C(C)=O)c(NC(=S)SCCC(=O)O)c1. The van der Waals surface area contributed by atoms with Gasteiger partial charge >= 0.3 is 5.97 Å². The second kappa shape index (κ2) is 7.90. The third-order valence-corrected chi connectivity index (χ3v) is 3.82. The van der Waals surface area contributed by atoms with Gasteiger partial charge in [-0.15, -0.1) is 0 Å². The van der Waals surface area contributed by atoms with Gasteiger partial charge in [-0.2, -0.15) is 0 Å². The molecule has 0 fully saturated rings. The van der Waals surface area contributed by atoms with Gasteiger partial charge in [0.15, 0.2) is 11.6 Å². The van der Waals surface area contributed by atoms with Crippen LogP contribution in [-0.2, 0) is 4.79 Å². The Labute approximate surface area is 132 Å². The number of anilines is 1. The molecular weight excluding hydrogens is 310 g/mol. The summed E-state index contributed by atoms with van der Waals surface area (Å²) in [6.45, 7) is 2.86. The Kier molecular flexibility index (Phi) is 6.51. The summed E-state index contributed by atoms with van der Waals surface area (Å²) < 4.78 is 0.361. The van der Waals surface area contributed by atoms with Crippen LogP contribution in [0.1, 0.15) is 41.0 Å². The zero-order valence-corrected chi connectivity index (χ0v) is 13.3. The molecule has 7 heteroatoms. The van der Waals surface area contributed by atoms with Crippen molar-refractivity contribution in [1.82, 2.24) is 0 Å². The Balaban J connectivity index is 2.86. The Morgan fingerprint density at radius 1 is 1.24 bits per heavy atom. The number of hydrogen-bond acceptors (Lipinski definition) is 5. The van der Waals surface area contributed by atoms with Crippen LogP contribution in [0.25, 0.3) is 0 Å². The minimum atomic E-state index is -0.895. The van der Waals surface area contributed by atoms with Crippen LogP contribution in [-0.4, -0.2) is 32.7 Å². The molecule has 1 aromatic carbocycles. The molecule has 112 valence electrons. The second-order valence-electron chi connectivity index (χ2n) is 4.28. The third kappa shape index (κ3) is 5.65.